The van der Waals surface area contributed by atoms with Crippen molar-refractivity contribution in [1.29, 1.82) is 0 Å². The number of rotatable bonds is 7. The van der Waals surface area contributed by atoms with Gasteiger partial charge in [-0.1, -0.05) is 12.1 Å². The predicted molar refractivity (Wildman–Crippen MR) is 82.7 cm³/mol. The molecule has 0 spiro atoms. The van der Waals surface area contributed by atoms with Crippen LogP contribution >= 0.6 is 0 Å². The summed E-state index contributed by atoms with van der Waals surface area (Å²) in [4.78, 5) is 0. The van der Waals surface area contributed by atoms with Crippen LogP contribution in [-0.4, -0.2) is 27.7 Å². The van der Waals surface area contributed by atoms with Crippen LogP contribution in [0.1, 0.15) is 39.2 Å². The zero-order chi connectivity index (χ0) is 17.6. The van der Waals surface area contributed by atoms with Gasteiger partial charge in [-0.05, 0) is 39.3 Å². The highest BCUT2D eigenvalue weighted by atomic mass is 32.2. The summed E-state index contributed by atoms with van der Waals surface area (Å²) in [6, 6.07) is 5.57. The van der Waals surface area contributed by atoms with Crippen LogP contribution in [0.4, 0.5) is 17.6 Å². The third kappa shape index (κ3) is 7.11. The average Bonchev–Trinajstić information content (AvgIpc) is 2.41. The molecule has 1 aromatic carbocycles. The Bertz CT molecular complexity index is 571. The smallest absolute Gasteiger partial charge is 0.387 e. The Labute approximate surface area is 135 Å². The van der Waals surface area contributed by atoms with Gasteiger partial charge in [0.15, 0.2) is 0 Å². The van der Waals surface area contributed by atoms with Crippen LogP contribution in [0.25, 0.3) is 0 Å². The summed E-state index contributed by atoms with van der Waals surface area (Å²) in [5.74, 6) is -0.108. The van der Waals surface area contributed by atoms with Gasteiger partial charge < -0.3 is 4.74 Å². The van der Waals surface area contributed by atoms with Crippen molar-refractivity contribution in [3.63, 3.8) is 0 Å². The molecule has 130 valence electrons. The van der Waals surface area contributed by atoms with E-state index in [1.807, 2.05) is 0 Å². The Morgan fingerprint density at radius 2 is 1.91 bits per heavy atom. The van der Waals surface area contributed by atoms with Crippen molar-refractivity contribution in [2.75, 3.05) is 0 Å². The zero-order valence-corrected chi connectivity index (χ0v) is 13.9. The zero-order valence-electron chi connectivity index (χ0n) is 13.1. The second kappa shape index (κ2) is 8.42. The van der Waals surface area contributed by atoms with E-state index in [0.29, 0.717) is 5.56 Å². The van der Waals surface area contributed by atoms with Crippen LogP contribution in [-0.2, 0) is 11.0 Å². The normalized spacial score (nSPS) is 14.4. The Morgan fingerprint density at radius 3 is 2.43 bits per heavy atom. The first-order chi connectivity index (χ1) is 10.6. The van der Waals surface area contributed by atoms with Crippen LogP contribution in [0.3, 0.4) is 0 Å². The molecule has 0 aliphatic heterocycles. The maximum absolute atomic E-state index is 12.5. The molecule has 1 rings (SSSR count). The largest absolute Gasteiger partial charge is 0.435 e. The fraction of sp³-hybridized carbons (Fsp3) is 0.533. The molecule has 1 aromatic rings. The third-order valence-corrected chi connectivity index (χ3v) is 4.14. The summed E-state index contributed by atoms with van der Waals surface area (Å²) in [7, 11) is -1.65. The summed E-state index contributed by atoms with van der Waals surface area (Å²) in [6.45, 7) is 2.12. The van der Waals surface area contributed by atoms with Crippen molar-refractivity contribution < 1.29 is 26.5 Å². The van der Waals surface area contributed by atoms with E-state index in [4.69, 9.17) is 0 Å². The number of hydrogen-bond donors (Lipinski definition) is 0. The SMILES string of the molecule is CC(C)(C)[S@@](=O)N=C(CCC(F)F)c1cccc(OC(F)F)c1. The van der Waals surface area contributed by atoms with Crippen molar-refractivity contribution in [3.05, 3.63) is 29.8 Å². The highest BCUT2D eigenvalue weighted by molar-refractivity contribution is 7.85. The Morgan fingerprint density at radius 1 is 1.26 bits per heavy atom. The van der Waals surface area contributed by atoms with Gasteiger partial charge in [-0.2, -0.15) is 13.2 Å². The molecule has 0 fully saturated rings. The lowest BCUT2D eigenvalue weighted by atomic mass is 10.1. The molecule has 8 heteroatoms. The molecule has 3 nitrogen and oxygen atoms in total. The molecule has 0 heterocycles. The fourth-order valence-corrected chi connectivity index (χ4v) is 2.25. The molecule has 1 atom stereocenters. The van der Waals surface area contributed by atoms with Crippen LogP contribution in [0, 0.1) is 0 Å². The molecule has 0 saturated heterocycles. The molecule has 0 aliphatic carbocycles. The van der Waals surface area contributed by atoms with Crippen LogP contribution in [0.5, 0.6) is 5.75 Å². The highest BCUT2D eigenvalue weighted by Crippen LogP contribution is 2.21. The van der Waals surface area contributed by atoms with E-state index in [-0.39, 0.29) is 17.9 Å². The summed E-state index contributed by atoms with van der Waals surface area (Å²) in [6.07, 6.45) is -3.11. The summed E-state index contributed by atoms with van der Waals surface area (Å²) in [5, 5.41) is 0. The third-order valence-electron chi connectivity index (χ3n) is 2.71. The lowest BCUT2D eigenvalue weighted by molar-refractivity contribution is -0.0498. The van der Waals surface area contributed by atoms with Gasteiger partial charge in [-0.15, -0.1) is 0 Å². The topological polar surface area (TPSA) is 38.7 Å². The predicted octanol–water partition coefficient (Wildman–Crippen LogP) is 4.58. The van der Waals surface area contributed by atoms with Crippen LogP contribution in [0.2, 0.25) is 0 Å². The molecule has 0 aromatic heterocycles. The minimum atomic E-state index is -2.99. The lowest BCUT2D eigenvalue weighted by Crippen LogP contribution is -2.21. The Hall–Kier alpha value is -1.44. The first kappa shape index (κ1) is 19.6. The first-order valence-corrected chi connectivity index (χ1v) is 8.03. The van der Waals surface area contributed by atoms with Gasteiger partial charge in [0.2, 0.25) is 6.43 Å². The van der Waals surface area contributed by atoms with E-state index in [2.05, 4.69) is 9.13 Å². The highest BCUT2D eigenvalue weighted by Gasteiger charge is 2.21. The van der Waals surface area contributed by atoms with Crippen molar-refractivity contribution >= 4 is 16.7 Å². The second-order valence-corrected chi connectivity index (χ2v) is 7.64. The molecular weight excluding hydrogens is 334 g/mol. The Balaban J connectivity index is 3.13. The van der Waals surface area contributed by atoms with Gasteiger partial charge in [-0.3, -0.25) is 0 Å². The average molecular weight is 353 g/mol. The fourth-order valence-electron chi connectivity index (χ4n) is 1.58. The van der Waals surface area contributed by atoms with Gasteiger partial charge in [0.05, 0.1) is 10.5 Å². The number of ether oxygens (including phenoxy) is 1. The Kier molecular flexibility index (Phi) is 7.18. The van der Waals surface area contributed by atoms with Gasteiger partial charge >= 0.3 is 6.61 Å². The van der Waals surface area contributed by atoms with E-state index >= 15 is 0 Å². The number of halogens is 4. The van der Waals surface area contributed by atoms with Crippen LogP contribution in [0.15, 0.2) is 28.7 Å². The molecule has 0 saturated carbocycles. The molecule has 0 unspecified atom stereocenters. The monoisotopic (exact) mass is 353 g/mol. The van der Waals surface area contributed by atoms with Gasteiger partial charge in [0.1, 0.15) is 16.7 Å². The lowest BCUT2D eigenvalue weighted by Gasteiger charge is -2.16. The number of hydrogen-bond acceptors (Lipinski definition) is 2. The summed E-state index contributed by atoms with van der Waals surface area (Å²) >= 11 is 0. The number of nitrogens with zero attached hydrogens (tertiary/aromatic N) is 1. The molecule has 0 bridgehead atoms. The van der Waals surface area contributed by atoms with Crippen molar-refractivity contribution in [2.45, 2.75) is 51.4 Å². The van der Waals surface area contributed by atoms with E-state index in [0.717, 1.165) is 0 Å². The van der Waals surface area contributed by atoms with Gasteiger partial charge in [0, 0.05) is 12.0 Å². The first-order valence-electron chi connectivity index (χ1n) is 6.92. The minimum Gasteiger partial charge on any atom is -0.435 e. The van der Waals surface area contributed by atoms with Gasteiger partial charge in [-0.25, -0.2) is 13.0 Å². The quantitative estimate of drug-likeness (QED) is 0.531. The van der Waals surface area contributed by atoms with E-state index in [1.165, 1.54) is 24.3 Å². The van der Waals surface area contributed by atoms with E-state index in [1.54, 1.807) is 20.8 Å². The molecular formula is C15H19F4NO2S. The van der Waals surface area contributed by atoms with Crippen LogP contribution < -0.4 is 4.74 Å². The van der Waals surface area contributed by atoms with Gasteiger partial charge in [0.25, 0.3) is 0 Å². The molecule has 0 aliphatic rings. The maximum atomic E-state index is 12.5. The summed E-state index contributed by atoms with van der Waals surface area (Å²) in [5.41, 5.74) is 0.514. The minimum absolute atomic E-state index is 0.108. The molecule has 23 heavy (non-hydrogen) atoms. The number of alkyl halides is 4. The van der Waals surface area contributed by atoms with Crippen molar-refractivity contribution in [1.82, 2.24) is 0 Å². The number of benzene rings is 1. The maximum Gasteiger partial charge on any atom is 0.387 e. The second-order valence-electron chi connectivity index (χ2n) is 5.74. The molecule has 0 N–H and O–H groups in total. The van der Waals surface area contributed by atoms with E-state index in [9.17, 15) is 21.8 Å². The molecule has 0 radical (unpaired) electrons. The molecule has 0 amide bonds. The van der Waals surface area contributed by atoms with E-state index < -0.39 is 35.2 Å². The standard InChI is InChI=1S/C15H19F4NO2S/c1-15(2,3)23(21)20-12(7-8-13(16)17)10-5-4-6-11(9-10)22-14(18)19/h4-6,9,13-14H,7-8H2,1-3H3/t23-/m1/s1. The van der Waals surface area contributed by atoms with Crippen molar-refractivity contribution in [2.24, 2.45) is 4.40 Å². The van der Waals surface area contributed by atoms with Crippen molar-refractivity contribution in [3.8, 4) is 5.75 Å². The summed E-state index contributed by atoms with van der Waals surface area (Å²) < 4.78 is 69.3.